The highest BCUT2D eigenvalue weighted by molar-refractivity contribution is 5.42. The number of nitrogen functional groups attached to an aromatic ring is 1. The Labute approximate surface area is 91.1 Å². The maximum absolute atomic E-state index is 5.63. The molecule has 1 aliphatic carbocycles. The molecule has 1 heterocycles. The predicted octanol–water partition coefficient (Wildman–Crippen LogP) is 2.66. The maximum atomic E-state index is 5.63. The van der Waals surface area contributed by atoms with E-state index in [1.54, 1.807) is 0 Å². The standard InChI is InChI=1S/C12H19N3/c1-2-12(7-4-8-12)9-14-11-6-3-5-10(13)15-11/h3,5-6H,2,4,7-9H2,1H3,(H3,13,14,15). The molecule has 0 unspecified atom stereocenters. The second-order valence-corrected chi connectivity index (χ2v) is 4.51. The van der Waals surface area contributed by atoms with Crippen LogP contribution in [0.1, 0.15) is 32.6 Å². The lowest BCUT2D eigenvalue weighted by molar-refractivity contribution is 0.145. The van der Waals surface area contributed by atoms with Gasteiger partial charge >= 0.3 is 0 Å². The number of pyridine rings is 1. The van der Waals surface area contributed by atoms with Crippen molar-refractivity contribution in [1.82, 2.24) is 4.98 Å². The lowest BCUT2D eigenvalue weighted by atomic mass is 9.67. The van der Waals surface area contributed by atoms with Crippen molar-refractivity contribution in [2.24, 2.45) is 5.41 Å². The molecule has 0 radical (unpaired) electrons. The summed E-state index contributed by atoms with van der Waals surface area (Å²) in [5.41, 5.74) is 6.15. The number of hydrogen-bond donors (Lipinski definition) is 2. The van der Waals surface area contributed by atoms with Crippen molar-refractivity contribution in [3.8, 4) is 0 Å². The van der Waals surface area contributed by atoms with Gasteiger partial charge in [-0.25, -0.2) is 4.98 Å². The number of anilines is 2. The van der Waals surface area contributed by atoms with Crippen LogP contribution in [0.2, 0.25) is 0 Å². The summed E-state index contributed by atoms with van der Waals surface area (Å²) in [6.45, 7) is 3.30. The number of rotatable bonds is 4. The first-order valence-electron chi connectivity index (χ1n) is 5.70. The molecule has 1 saturated carbocycles. The summed E-state index contributed by atoms with van der Waals surface area (Å²) < 4.78 is 0. The zero-order chi connectivity index (χ0) is 10.7. The van der Waals surface area contributed by atoms with Gasteiger partial charge in [0.25, 0.3) is 0 Å². The molecule has 3 nitrogen and oxygen atoms in total. The lowest BCUT2D eigenvalue weighted by Crippen LogP contribution is -2.36. The highest BCUT2D eigenvalue weighted by Gasteiger charge is 2.34. The Kier molecular flexibility index (Phi) is 2.80. The Morgan fingerprint density at radius 1 is 1.47 bits per heavy atom. The minimum atomic E-state index is 0.520. The third-order valence-electron chi connectivity index (χ3n) is 3.58. The van der Waals surface area contributed by atoms with Crippen LogP contribution in [-0.4, -0.2) is 11.5 Å². The molecule has 0 spiro atoms. The molecular weight excluding hydrogens is 186 g/mol. The summed E-state index contributed by atoms with van der Waals surface area (Å²) in [7, 11) is 0. The van der Waals surface area contributed by atoms with Crippen molar-refractivity contribution < 1.29 is 0 Å². The fourth-order valence-electron chi connectivity index (χ4n) is 2.16. The highest BCUT2D eigenvalue weighted by atomic mass is 15.0. The minimum absolute atomic E-state index is 0.520. The van der Waals surface area contributed by atoms with Gasteiger partial charge in [-0.2, -0.15) is 0 Å². The molecule has 1 fully saturated rings. The first-order valence-corrected chi connectivity index (χ1v) is 5.70. The number of nitrogens with two attached hydrogens (primary N) is 1. The molecule has 3 N–H and O–H groups in total. The number of aromatic nitrogens is 1. The molecule has 0 amide bonds. The number of hydrogen-bond acceptors (Lipinski definition) is 3. The van der Waals surface area contributed by atoms with Gasteiger partial charge in [-0.05, 0) is 36.8 Å². The van der Waals surface area contributed by atoms with Crippen LogP contribution in [0.15, 0.2) is 18.2 Å². The first kappa shape index (κ1) is 10.3. The van der Waals surface area contributed by atoms with Crippen LogP contribution in [0.4, 0.5) is 11.6 Å². The second kappa shape index (κ2) is 4.09. The average Bonchev–Trinajstić information content (AvgIpc) is 2.17. The summed E-state index contributed by atoms with van der Waals surface area (Å²) >= 11 is 0. The molecule has 2 rings (SSSR count). The van der Waals surface area contributed by atoms with E-state index >= 15 is 0 Å². The van der Waals surface area contributed by atoms with Crippen molar-refractivity contribution in [1.29, 1.82) is 0 Å². The van der Waals surface area contributed by atoms with Crippen molar-refractivity contribution in [2.45, 2.75) is 32.6 Å². The van der Waals surface area contributed by atoms with Crippen LogP contribution in [0.5, 0.6) is 0 Å². The predicted molar refractivity (Wildman–Crippen MR) is 63.7 cm³/mol. The summed E-state index contributed by atoms with van der Waals surface area (Å²) in [4.78, 5) is 4.24. The highest BCUT2D eigenvalue weighted by Crippen LogP contribution is 2.43. The third-order valence-corrected chi connectivity index (χ3v) is 3.58. The van der Waals surface area contributed by atoms with Crippen LogP contribution in [0.25, 0.3) is 0 Å². The quantitative estimate of drug-likeness (QED) is 0.794. The monoisotopic (exact) mass is 205 g/mol. The zero-order valence-electron chi connectivity index (χ0n) is 9.29. The van der Waals surface area contributed by atoms with E-state index in [1.165, 1.54) is 25.7 Å². The molecule has 0 saturated heterocycles. The van der Waals surface area contributed by atoms with Gasteiger partial charge in [0.15, 0.2) is 0 Å². The Hall–Kier alpha value is -1.25. The fraction of sp³-hybridized carbons (Fsp3) is 0.583. The molecule has 0 aromatic carbocycles. The number of nitrogens with zero attached hydrogens (tertiary/aromatic N) is 1. The molecule has 1 aromatic rings. The van der Waals surface area contributed by atoms with Crippen LogP contribution < -0.4 is 11.1 Å². The van der Waals surface area contributed by atoms with Gasteiger partial charge < -0.3 is 11.1 Å². The van der Waals surface area contributed by atoms with Crippen LogP contribution >= 0.6 is 0 Å². The van der Waals surface area contributed by atoms with Crippen molar-refractivity contribution >= 4 is 11.6 Å². The van der Waals surface area contributed by atoms with E-state index in [0.717, 1.165) is 12.4 Å². The topological polar surface area (TPSA) is 50.9 Å². The SMILES string of the molecule is CCC1(CNc2cccc(N)n2)CCC1. The van der Waals surface area contributed by atoms with Gasteiger partial charge in [-0.3, -0.25) is 0 Å². The summed E-state index contributed by atoms with van der Waals surface area (Å²) in [5, 5.41) is 3.39. The van der Waals surface area contributed by atoms with Gasteiger partial charge in [0.05, 0.1) is 0 Å². The smallest absolute Gasteiger partial charge is 0.128 e. The van der Waals surface area contributed by atoms with Gasteiger partial charge in [-0.15, -0.1) is 0 Å². The number of nitrogens with one attached hydrogen (secondary N) is 1. The molecule has 0 bridgehead atoms. The minimum Gasteiger partial charge on any atom is -0.384 e. The van der Waals surface area contributed by atoms with E-state index in [2.05, 4.69) is 17.2 Å². The van der Waals surface area contributed by atoms with Gasteiger partial charge in [0.1, 0.15) is 11.6 Å². The zero-order valence-corrected chi connectivity index (χ0v) is 9.29. The van der Waals surface area contributed by atoms with Crippen molar-refractivity contribution in [2.75, 3.05) is 17.6 Å². The Morgan fingerprint density at radius 2 is 2.27 bits per heavy atom. The Morgan fingerprint density at radius 3 is 2.80 bits per heavy atom. The summed E-state index contributed by atoms with van der Waals surface area (Å²) in [6.07, 6.45) is 5.32. The second-order valence-electron chi connectivity index (χ2n) is 4.51. The maximum Gasteiger partial charge on any atom is 0.128 e. The summed E-state index contributed by atoms with van der Waals surface area (Å²) in [6, 6.07) is 5.71. The van der Waals surface area contributed by atoms with E-state index in [1.807, 2.05) is 18.2 Å². The molecule has 82 valence electrons. The largest absolute Gasteiger partial charge is 0.384 e. The van der Waals surface area contributed by atoms with E-state index in [9.17, 15) is 0 Å². The normalized spacial score (nSPS) is 18.2. The molecular formula is C12H19N3. The molecule has 1 aliphatic rings. The molecule has 1 aromatic heterocycles. The molecule has 0 aliphatic heterocycles. The molecule has 3 heteroatoms. The Balaban J connectivity index is 1.92. The average molecular weight is 205 g/mol. The van der Waals surface area contributed by atoms with Crippen LogP contribution in [0, 0.1) is 5.41 Å². The van der Waals surface area contributed by atoms with Crippen LogP contribution in [-0.2, 0) is 0 Å². The van der Waals surface area contributed by atoms with Crippen molar-refractivity contribution in [3.63, 3.8) is 0 Å². The van der Waals surface area contributed by atoms with E-state index < -0.39 is 0 Å². The van der Waals surface area contributed by atoms with Gasteiger partial charge in [-0.1, -0.05) is 19.4 Å². The fourth-order valence-corrected chi connectivity index (χ4v) is 2.16. The Bertz CT molecular complexity index is 326. The molecule has 0 atom stereocenters. The molecule has 15 heavy (non-hydrogen) atoms. The van der Waals surface area contributed by atoms with E-state index in [0.29, 0.717) is 11.2 Å². The van der Waals surface area contributed by atoms with E-state index in [4.69, 9.17) is 5.73 Å². The van der Waals surface area contributed by atoms with Gasteiger partial charge in [0, 0.05) is 6.54 Å². The summed E-state index contributed by atoms with van der Waals surface area (Å²) in [5.74, 6) is 1.48. The lowest BCUT2D eigenvalue weighted by Gasteiger charge is -2.41. The van der Waals surface area contributed by atoms with Gasteiger partial charge in [0.2, 0.25) is 0 Å². The third kappa shape index (κ3) is 2.22. The first-order chi connectivity index (χ1) is 7.24. The van der Waals surface area contributed by atoms with Crippen molar-refractivity contribution in [3.05, 3.63) is 18.2 Å². The van der Waals surface area contributed by atoms with Crippen LogP contribution in [0.3, 0.4) is 0 Å². The van der Waals surface area contributed by atoms with E-state index in [-0.39, 0.29) is 0 Å².